The van der Waals surface area contributed by atoms with Crippen LogP contribution in [-0.2, 0) is 6.54 Å². The van der Waals surface area contributed by atoms with Gasteiger partial charge >= 0.3 is 0 Å². The first-order valence-electron chi connectivity index (χ1n) is 13.0. The van der Waals surface area contributed by atoms with Gasteiger partial charge in [0.25, 0.3) is 11.8 Å². The van der Waals surface area contributed by atoms with Gasteiger partial charge in [0, 0.05) is 24.3 Å². The molecule has 1 unspecified atom stereocenters. The zero-order chi connectivity index (χ0) is 28.9. The molecule has 2 aromatic heterocycles. The van der Waals surface area contributed by atoms with Crippen LogP contribution in [-0.4, -0.2) is 32.8 Å². The third kappa shape index (κ3) is 6.62. The van der Waals surface area contributed by atoms with Gasteiger partial charge < -0.3 is 21.7 Å². The number of nitrogens with one attached hydrogen (secondary N) is 3. The molecule has 0 saturated heterocycles. The molecular formula is C30H27FN8O2. The number of anilines is 2. The van der Waals surface area contributed by atoms with Crippen LogP contribution in [0.3, 0.4) is 0 Å². The summed E-state index contributed by atoms with van der Waals surface area (Å²) < 4.78 is 13.3. The van der Waals surface area contributed by atoms with Gasteiger partial charge in [-0.1, -0.05) is 36.4 Å². The summed E-state index contributed by atoms with van der Waals surface area (Å²) in [4.78, 5) is 38.5. The molecule has 4 aromatic rings. The molecule has 1 fully saturated rings. The largest absolute Gasteiger partial charge is 0.382 e. The number of hydrogen-bond donors (Lipinski definition) is 4. The normalized spacial score (nSPS) is 13.1. The van der Waals surface area contributed by atoms with Crippen molar-refractivity contribution >= 4 is 23.5 Å². The molecule has 0 bridgehead atoms. The van der Waals surface area contributed by atoms with Crippen molar-refractivity contribution < 1.29 is 14.0 Å². The summed E-state index contributed by atoms with van der Waals surface area (Å²) in [5.74, 6) is -0.725. The highest BCUT2D eigenvalue weighted by molar-refractivity contribution is 5.99. The molecule has 2 aromatic carbocycles. The van der Waals surface area contributed by atoms with Crippen molar-refractivity contribution in [3.05, 3.63) is 101 Å². The van der Waals surface area contributed by atoms with E-state index in [0.29, 0.717) is 18.1 Å². The Morgan fingerprint density at radius 3 is 2.49 bits per heavy atom. The minimum atomic E-state index is -0.423. The van der Waals surface area contributed by atoms with Crippen molar-refractivity contribution in [1.29, 1.82) is 5.26 Å². The molecule has 1 atom stereocenters. The number of nitrogens with zero attached hydrogens (tertiary/aromatic N) is 4. The lowest BCUT2D eigenvalue weighted by Crippen LogP contribution is -2.28. The predicted octanol–water partition coefficient (Wildman–Crippen LogP) is 4.13. The van der Waals surface area contributed by atoms with E-state index in [0.717, 1.165) is 29.5 Å². The molecule has 5 rings (SSSR count). The third-order valence-corrected chi connectivity index (χ3v) is 6.62. The average Bonchev–Trinajstić information content (AvgIpc) is 3.80. The van der Waals surface area contributed by atoms with E-state index in [4.69, 9.17) is 5.73 Å². The van der Waals surface area contributed by atoms with Crippen LogP contribution in [0.1, 0.15) is 63.3 Å². The van der Waals surface area contributed by atoms with Gasteiger partial charge in [0.1, 0.15) is 17.7 Å². The van der Waals surface area contributed by atoms with E-state index >= 15 is 0 Å². The van der Waals surface area contributed by atoms with Gasteiger partial charge in [-0.05, 0) is 49.1 Å². The molecule has 0 spiro atoms. The molecule has 1 aliphatic carbocycles. The number of rotatable bonds is 9. The number of pyridine rings is 1. The number of nitriles is 1. The predicted molar refractivity (Wildman–Crippen MR) is 151 cm³/mol. The number of benzene rings is 2. The monoisotopic (exact) mass is 550 g/mol. The van der Waals surface area contributed by atoms with E-state index in [1.807, 2.05) is 30.3 Å². The van der Waals surface area contributed by atoms with Crippen molar-refractivity contribution in [2.75, 3.05) is 11.1 Å². The van der Waals surface area contributed by atoms with Gasteiger partial charge in [-0.25, -0.2) is 19.3 Å². The zero-order valence-corrected chi connectivity index (χ0v) is 22.2. The lowest BCUT2D eigenvalue weighted by molar-refractivity contribution is 0.0934. The van der Waals surface area contributed by atoms with Crippen LogP contribution in [0.15, 0.2) is 67.0 Å². The first kappa shape index (κ1) is 27.2. The maximum atomic E-state index is 13.3. The fourth-order valence-corrected chi connectivity index (χ4v) is 4.11. The SMILES string of the molecule is CC(NC(=O)c1cc(C#N)cnc1NCc1ccc(-c2cnc(N)c(C(=O)NC3CC3)n2)cc1)c1ccc(F)cc1. The number of nitrogens with two attached hydrogens (primary N) is 1. The molecule has 206 valence electrons. The van der Waals surface area contributed by atoms with Crippen LogP contribution in [0.5, 0.6) is 0 Å². The first-order chi connectivity index (χ1) is 19.8. The van der Waals surface area contributed by atoms with Crippen LogP contribution in [0.4, 0.5) is 16.0 Å². The maximum absolute atomic E-state index is 13.3. The van der Waals surface area contributed by atoms with E-state index in [1.165, 1.54) is 30.6 Å². The average molecular weight is 551 g/mol. The number of hydrogen-bond acceptors (Lipinski definition) is 8. The minimum absolute atomic E-state index is 0.0783. The summed E-state index contributed by atoms with van der Waals surface area (Å²) in [6.07, 6.45) is 4.82. The standard InChI is InChI=1S/C30H27FN8O2/c1-17(20-6-8-22(31)9-7-20)37-29(40)24-12-19(13-32)15-36-28(24)35-14-18-2-4-21(5-3-18)25-16-34-27(33)26(39-25)30(41)38-23-10-11-23/h2-9,12,15-17,23H,10-11,14H2,1H3,(H2,33,34)(H,35,36)(H,37,40)(H,38,41). The third-order valence-electron chi connectivity index (χ3n) is 6.62. The molecule has 1 saturated carbocycles. The lowest BCUT2D eigenvalue weighted by Gasteiger charge is -2.16. The Labute approximate surface area is 235 Å². The van der Waals surface area contributed by atoms with Gasteiger partial charge in [0.2, 0.25) is 0 Å². The second-order valence-corrected chi connectivity index (χ2v) is 9.77. The number of carbonyl (C=O) groups is 2. The summed E-state index contributed by atoms with van der Waals surface area (Å²) in [6.45, 7) is 2.13. The van der Waals surface area contributed by atoms with Crippen LogP contribution in [0.2, 0.25) is 0 Å². The summed E-state index contributed by atoms with van der Waals surface area (Å²) in [5.41, 5.74) is 9.35. The Morgan fingerprint density at radius 1 is 1.07 bits per heavy atom. The molecule has 11 heteroatoms. The molecule has 1 aliphatic rings. The highest BCUT2D eigenvalue weighted by atomic mass is 19.1. The molecule has 0 radical (unpaired) electrons. The van der Waals surface area contributed by atoms with Crippen LogP contribution < -0.4 is 21.7 Å². The molecule has 2 heterocycles. The zero-order valence-electron chi connectivity index (χ0n) is 22.2. The molecule has 0 aliphatic heterocycles. The summed E-state index contributed by atoms with van der Waals surface area (Å²) in [5, 5.41) is 18.3. The smallest absolute Gasteiger partial charge is 0.273 e. The topological polar surface area (TPSA) is 159 Å². The second kappa shape index (κ2) is 11.8. The number of nitrogen functional groups attached to an aromatic ring is 1. The number of aromatic nitrogens is 3. The van der Waals surface area contributed by atoms with Gasteiger partial charge in [-0.2, -0.15) is 5.26 Å². The van der Waals surface area contributed by atoms with Gasteiger partial charge in [0.05, 0.1) is 29.1 Å². The van der Waals surface area contributed by atoms with E-state index in [2.05, 4.69) is 30.9 Å². The number of carbonyl (C=O) groups excluding carboxylic acids is 2. The quantitative estimate of drug-likeness (QED) is 0.242. The lowest BCUT2D eigenvalue weighted by atomic mass is 10.1. The molecule has 5 N–H and O–H groups in total. The van der Waals surface area contributed by atoms with E-state index in [1.54, 1.807) is 19.1 Å². The van der Waals surface area contributed by atoms with E-state index in [-0.39, 0.29) is 40.4 Å². The Bertz CT molecular complexity index is 1630. The maximum Gasteiger partial charge on any atom is 0.273 e. The van der Waals surface area contributed by atoms with Crippen LogP contribution in [0, 0.1) is 17.1 Å². The van der Waals surface area contributed by atoms with E-state index < -0.39 is 11.9 Å². The van der Waals surface area contributed by atoms with Gasteiger partial charge in [0.15, 0.2) is 11.5 Å². The fourth-order valence-electron chi connectivity index (χ4n) is 4.11. The van der Waals surface area contributed by atoms with Crippen molar-refractivity contribution in [3.63, 3.8) is 0 Å². The highest BCUT2D eigenvalue weighted by Gasteiger charge is 2.26. The summed E-state index contributed by atoms with van der Waals surface area (Å²) in [7, 11) is 0. The molecule has 2 amide bonds. The molecule has 10 nitrogen and oxygen atoms in total. The van der Waals surface area contributed by atoms with Crippen molar-refractivity contribution in [2.24, 2.45) is 0 Å². The van der Waals surface area contributed by atoms with Gasteiger partial charge in [-0.3, -0.25) is 9.59 Å². The Kier molecular flexibility index (Phi) is 7.83. The number of amides is 2. The van der Waals surface area contributed by atoms with Crippen LogP contribution >= 0.6 is 0 Å². The Hall–Kier alpha value is -5.37. The van der Waals surface area contributed by atoms with E-state index in [9.17, 15) is 19.2 Å². The summed E-state index contributed by atoms with van der Waals surface area (Å²) in [6, 6.07) is 16.6. The van der Waals surface area contributed by atoms with Gasteiger partial charge in [-0.15, -0.1) is 0 Å². The van der Waals surface area contributed by atoms with Crippen molar-refractivity contribution in [1.82, 2.24) is 25.6 Å². The van der Waals surface area contributed by atoms with Crippen molar-refractivity contribution in [3.8, 4) is 17.3 Å². The summed E-state index contributed by atoms with van der Waals surface area (Å²) >= 11 is 0. The second-order valence-electron chi connectivity index (χ2n) is 9.77. The molecular weight excluding hydrogens is 523 g/mol. The first-order valence-corrected chi connectivity index (χ1v) is 13.0. The van der Waals surface area contributed by atoms with Crippen LogP contribution in [0.25, 0.3) is 11.3 Å². The Morgan fingerprint density at radius 2 is 1.80 bits per heavy atom. The highest BCUT2D eigenvalue weighted by Crippen LogP contribution is 2.23. The minimum Gasteiger partial charge on any atom is -0.382 e. The number of halogens is 1. The fraction of sp³-hybridized carbons (Fsp3) is 0.200. The Balaban J connectivity index is 1.28. The molecule has 41 heavy (non-hydrogen) atoms. The van der Waals surface area contributed by atoms with Crippen molar-refractivity contribution in [2.45, 2.75) is 38.4 Å².